The monoisotopic (exact) mass is 328 g/mol. The Kier molecular flexibility index (Phi) is 3.59. The van der Waals surface area contributed by atoms with Crippen LogP contribution in [0.3, 0.4) is 0 Å². The third-order valence-electron chi connectivity index (χ3n) is 4.74. The van der Waals surface area contributed by atoms with E-state index in [1.165, 1.54) is 12.1 Å². The second-order valence-corrected chi connectivity index (χ2v) is 6.29. The van der Waals surface area contributed by atoms with Crippen molar-refractivity contribution >= 4 is 17.5 Å². The normalized spacial score (nSPS) is 22.3. The first kappa shape index (κ1) is 14.9. The van der Waals surface area contributed by atoms with E-state index in [0.717, 1.165) is 30.6 Å². The Morgan fingerprint density at radius 3 is 3.04 bits per heavy atom. The molecule has 124 valence electrons. The number of hydrogen-bond acceptors (Lipinski definition) is 3. The molecule has 1 aromatic heterocycles. The fourth-order valence-electron chi connectivity index (χ4n) is 3.58. The highest BCUT2D eigenvalue weighted by Crippen LogP contribution is 2.35. The molecule has 24 heavy (non-hydrogen) atoms. The van der Waals surface area contributed by atoms with Crippen molar-refractivity contribution in [2.75, 3.05) is 5.32 Å². The van der Waals surface area contributed by atoms with E-state index in [1.807, 2.05) is 6.07 Å². The molecule has 2 atom stereocenters. The average molecular weight is 328 g/mol. The van der Waals surface area contributed by atoms with E-state index in [0.29, 0.717) is 11.3 Å². The Labute approximate surface area is 138 Å². The summed E-state index contributed by atoms with van der Waals surface area (Å²) in [6.45, 7) is 0. The van der Waals surface area contributed by atoms with Gasteiger partial charge in [-0.05, 0) is 36.6 Å². The standard InChI is InChI=1S/C18H17FN2O3/c19-10-4-5-11-13(9-17(22)20-15(11)8-10)18(23)21-14-2-1-3-16-12(14)6-7-24-16/h4-8,13-14H,1-3,9H2,(H,20,22)(H,21,23). The van der Waals surface area contributed by atoms with Crippen molar-refractivity contribution < 1.29 is 18.4 Å². The molecule has 2 N–H and O–H groups in total. The van der Waals surface area contributed by atoms with E-state index in [9.17, 15) is 14.0 Å². The lowest BCUT2D eigenvalue weighted by atomic mass is 9.88. The minimum Gasteiger partial charge on any atom is -0.469 e. The van der Waals surface area contributed by atoms with Gasteiger partial charge in [0.15, 0.2) is 0 Å². The topological polar surface area (TPSA) is 71.3 Å². The van der Waals surface area contributed by atoms with Gasteiger partial charge in [0.1, 0.15) is 11.6 Å². The largest absolute Gasteiger partial charge is 0.469 e. The van der Waals surface area contributed by atoms with Gasteiger partial charge in [0.05, 0.1) is 18.2 Å². The number of carbonyl (C=O) groups excluding carboxylic acids is 2. The summed E-state index contributed by atoms with van der Waals surface area (Å²) in [6, 6.07) is 5.91. The Hall–Kier alpha value is -2.63. The second-order valence-electron chi connectivity index (χ2n) is 6.29. The van der Waals surface area contributed by atoms with E-state index in [2.05, 4.69) is 10.6 Å². The molecule has 6 heteroatoms. The molecule has 1 aliphatic carbocycles. The predicted molar refractivity (Wildman–Crippen MR) is 84.9 cm³/mol. The van der Waals surface area contributed by atoms with Crippen LogP contribution in [0, 0.1) is 5.82 Å². The lowest BCUT2D eigenvalue weighted by Gasteiger charge is -2.28. The van der Waals surface area contributed by atoms with E-state index < -0.39 is 11.7 Å². The summed E-state index contributed by atoms with van der Waals surface area (Å²) in [5, 5.41) is 5.66. The van der Waals surface area contributed by atoms with Crippen LogP contribution in [-0.4, -0.2) is 11.8 Å². The zero-order valence-electron chi connectivity index (χ0n) is 13.0. The van der Waals surface area contributed by atoms with Crippen molar-refractivity contribution in [2.45, 2.75) is 37.6 Å². The second kappa shape index (κ2) is 5.78. The summed E-state index contributed by atoms with van der Waals surface area (Å²) in [4.78, 5) is 24.6. The fraction of sp³-hybridized carbons (Fsp3) is 0.333. The fourth-order valence-corrected chi connectivity index (χ4v) is 3.58. The van der Waals surface area contributed by atoms with E-state index >= 15 is 0 Å². The number of rotatable bonds is 2. The molecule has 0 fully saturated rings. The number of nitrogens with one attached hydrogen (secondary N) is 2. The first-order valence-electron chi connectivity index (χ1n) is 8.08. The van der Waals surface area contributed by atoms with Crippen LogP contribution in [0.5, 0.6) is 0 Å². The summed E-state index contributed by atoms with van der Waals surface area (Å²) in [7, 11) is 0. The summed E-state index contributed by atoms with van der Waals surface area (Å²) < 4.78 is 18.8. The SMILES string of the molecule is O=C1CC(C(=O)NC2CCCc3occc32)c2ccc(F)cc2N1. The van der Waals surface area contributed by atoms with E-state index in [4.69, 9.17) is 4.42 Å². The average Bonchev–Trinajstić information content (AvgIpc) is 3.03. The van der Waals surface area contributed by atoms with E-state index in [1.54, 1.807) is 12.3 Å². The van der Waals surface area contributed by atoms with Crippen molar-refractivity contribution in [3.8, 4) is 0 Å². The van der Waals surface area contributed by atoms with Crippen LogP contribution in [0.4, 0.5) is 10.1 Å². The maximum atomic E-state index is 13.4. The molecule has 0 bridgehead atoms. The molecule has 5 nitrogen and oxygen atoms in total. The minimum atomic E-state index is -0.605. The molecule has 2 unspecified atom stereocenters. The van der Waals surface area contributed by atoms with Gasteiger partial charge in [0.25, 0.3) is 0 Å². The van der Waals surface area contributed by atoms with Crippen LogP contribution in [0.15, 0.2) is 34.9 Å². The van der Waals surface area contributed by atoms with E-state index in [-0.39, 0.29) is 24.3 Å². The third-order valence-corrected chi connectivity index (χ3v) is 4.74. The molecule has 0 radical (unpaired) electrons. The number of hydrogen-bond donors (Lipinski definition) is 2. The first-order valence-corrected chi connectivity index (χ1v) is 8.08. The molecular formula is C18H17FN2O3. The lowest BCUT2D eigenvalue weighted by Crippen LogP contribution is -2.37. The highest BCUT2D eigenvalue weighted by Gasteiger charge is 2.33. The number of amides is 2. The van der Waals surface area contributed by atoms with Crippen LogP contribution in [0.2, 0.25) is 0 Å². The van der Waals surface area contributed by atoms with Crippen LogP contribution in [-0.2, 0) is 16.0 Å². The van der Waals surface area contributed by atoms with Crippen molar-refractivity contribution in [3.05, 3.63) is 53.2 Å². The van der Waals surface area contributed by atoms with Crippen molar-refractivity contribution in [3.63, 3.8) is 0 Å². The van der Waals surface area contributed by atoms with Crippen LogP contribution >= 0.6 is 0 Å². The molecule has 1 aromatic carbocycles. The van der Waals surface area contributed by atoms with Crippen molar-refractivity contribution in [1.29, 1.82) is 0 Å². The molecule has 2 aliphatic rings. The quantitative estimate of drug-likeness (QED) is 0.890. The first-order chi connectivity index (χ1) is 11.6. The maximum Gasteiger partial charge on any atom is 0.228 e. The molecule has 0 saturated carbocycles. The highest BCUT2D eigenvalue weighted by atomic mass is 19.1. The van der Waals surface area contributed by atoms with Gasteiger partial charge < -0.3 is 15.1 Å². The number of anilines is 1. The number of fused-ring (bicyclic) bond motifs is 2. The Morgan fingerprint density at radius 1 is 1.29 bits per heavy atom. The molecule has 4 rings (SSSR count). The van der Waals surface area contributed by atoms with Gasteiger partial charge in [0.2, 0.25) is 11.8 Å². The molecule has 1 aliphatic heterocycles. The molecule has 0 spiro atoms. The number of aryl methyl sites for hydroxylation is 1. The molecule has 2 aromatic rings. The number of furan rings is 1. The van der Waals surface area contributed by atoms with Gasteiger partial charge in [-0.2, -0.15) is 0 Å². The highest BCUT2D eigenvalue weighted by molar-refractivity contribution is 6.01. The minimum absolute atomic E-state index is 0.0649. The van der Waals surface area contributed by atoms with Crippen LogP contribution < -0.4 is 10.6 Å². The molecular weight excluding hydrogens is 311 g/mol. The Balaban J connectivity index is 1.59. The van der Waals surface area contributed by atoms with Gasteiger partial charge in [-0.1, -0.05) is 6.07 Å². The van der Waals surface area contributed by atoms with Crippen LogP contribution in [0.1, 0.15) is 48.1 Å². The van der Waals surface area contributed by atoms with Gasteiger partial charge in [-0.25, -0.2) is 4.39 Å². The number of benzene rings is 1. The number of carbonyl (C=O) groups is 2. The zero-order valence-corrected chi connectivity index (χ0v) is 13.0. The van der Waals surface area contributed by atoms with Gasteiger partial charge >= 0.3 is 0 Å². The van der Waals surface area contributed by atoms with Gasteiger partial charge in [-0.3, -0.25) is 9.59 Å². The molecule has 0 saturated heterocycles. The molecule has 2 amide bonds. The smallest absolute Gasteiger partial charge is 0.228 e. The number of halogens is 1. The Bertz CT molecular complexity index is 814. The van der Waals surface area contributed by atoms with Gasteiger partial charge in [0, 0.05) is 24.1 Å². The lowest BCUT2D eigenvalue weighted by molar-refractivity contribution is -0.127. The zero-order chi connectivity index (χ0) is 16.7. The van der Waals surface area contributed by atoms with Crippen LogP contribution in [0.25, 0.3) is 0 Å². The third kappa shape index (κ3) is 2.58. The Morgan fingerprint density at radius 2 is 2.17 bits per heavy atom. The predicted octanol–water partition coefficient (Wildman–Crippen LogP) is 3.04. The summed E-state index contributed by atoms with van der Waals surface area (Å²) in [6.07, 6.45) is 4.37. The molecule has 2 heterocycles. The maximum absolute atomic E-state index is 13.4. The van der Waals surface area contributed by atoms with Crippen molar-refractivity contribution in [2.24, 2.45) is 0 Å². The summed E-state index contributed by atoms with van der Waals surface area (Å²) in [5.41, 5.74) is 2.03. The van der Waals surface area contributed by atoms with Gasteiger partial charge in [-0.15, -0.1) is 0 Å². The summed E-state index contributed by atoms with van der Waals surface area (Å²) in [5.74, 6) is -0.620. The van der Waals surface area contributed by atoms with Crippen molar-refractivity contribution in [1.82, 2.24) is 5.32 Å². The summed E-state index contributed by atoms with van der Waals surface area (Å²) >= 11 is 0.